The summed E-state index contributed by atoms with van der Waals surface area (Å²) in [6, 6.07) is 8.21. The number of nitrogens with zero attached hydrogens (tertiary/aromatic N) is 1. The fraction of sp³-hybridized carbons (Fsp3) is 0.462. The van der Waals surface area contributed by atoms with Crippen molar-refractivity contribution in [2.24, 2.45) is 0 Å². The number of carbonyl (C=O) groups is 1. The largest absolute Gasteiger partial charge is 0.466 e. The van der Waals surface area contributed by atoms with E-state index in [9.17, 15) is 4.79 Å². The van der Waals surface area contributed by atoms with Crippen molar-refractivity contribution < 1.29 is 9.53 Å². The van der Waals surface area contributed by atoms with Gasteiger partial charge in [0.15, 0.2) is 0 Å². The van der Waals surface area contributed by atoms with E-state index in [0.717, 1.165) is 6.42 Å². The number of benzene rings is 1. The van der Waals surface area contributed by atoms with E-state index in [0.29, 0.717) is 13.0 Å². The first kappa shape index (κ1) is 12.6. The first-order valence-electron chi connectivity index (χ1n) is 5.55. The number of esters is 1. The summed E-state index contributed by atoms with van der Waals surface area (Å²) in [7, 11) is 4.02. The van der Waals surface area contributed by atoms with Crippen LogP contribution in [0.1, 0.15) is 18.9 Å². The molecule has 0 aliphatic rings. The molecule has 0 saturated heterocycles. The Labute approximate surface area is 97.0 Å². The van der Waals surface area contributed by atoms with Crippen molar-refractivity contribution in [2.45, 2.75) is 19.8 Å². The number of carbonyl (C=O) groups excluding carboxylic acids is 1. The van der Waals surface area contributed by atoms with Gasteiger partial charge in [0.2, 0.25) is 0 Å². The molecule has 0 N–H and O–H groups in total. The Bertz CT molecular complexity index is 330. The van der Waals surface area contributed by atoms with Crippen LogP contribution < -0.4 is 4.90 Å². The molecule has 0 radical (unpaired) electrons. The van der Waals surface area contributed by atoms with E-state index >= 15 is 0 Å². The molecule has 0 spiro atoms. The SMILES string of the molecule is CCOC(=O)CCc1ccc(N(C)C)cc1. The summed E-state index contributed by atoms with van der Waals surface area (Å²) >= 11 is 0. The monoisotopic (exact) mass is 221 g/mol. The second-order valence-electron chi connectivity index (χ2n) is 3.87. The van der Waals surface area contributed by atoms with E-state index < -0.39 is 0 Å². The molecule has 0 aromatic heterocycles. The molecule has 1 aromatic carbocycles. The van der Waals surface area contributed by atoms with Crippen LogP contribution in [0.4, 0.5) is 5.69 Å². The van der Waals surface area contributed by atoms with Crippen LogP contribution in [0.3, 0.4) is 0 Å². The number of aryl methyl sites for hydroxylation is 1. The maximum Gasteiger partial charge on any atom is 0.306 e. The first-order valence-corrected chi connectivity index (χ1v) is 5.55. The molecule has 88 valence electrons. The van der Waals surface area contributed by atoms with Crippen LogP contribution in [-0.2, 0) is 16.0 Å². The van der Waals surface area contributed by atoms with E-state index in [1.807, 2.05) is 21.0 Å². The Balaban J connectivity index is 2.46. The Hall–Kier alpha value is -1.51. The van der Waals surface area contributed by atoms with Gasteiger partial charge in [0.1, 0.15) is 0 Å². The van der Waals surface area contributed by atoms with Crippen LogP contribution in [0.25, 0.3) is 0 Å². The van der Waals surface area contributed by atoms with Crippen molar-refractivity contribution in [3.63, 3.8) is 0 Å². The zero-order valence-electron chi connectivity index (χ0n) is 10.2. The summed E-state index contributed by atoms with van der Waals surface area (Å²) in [5.74, 6) is -0.126. The van der Waals surface area contributed by atoms with Crippen LogP contribution in [0.5, 0.6) is 0 Å². The highest BCUT2D eigenvalue weighted by atomic mass is 16.5. The molecule has 0 saturated carbocycles. The van der Waals surface area contributed by atoms with E-state index in [1.165, 1.54) is 11.3 Å². The second kappa shape index (κ2) is 6.16. The normalized spacial score (nSPS) is 9.94. The lowest BCUT2D eigenvalue weighted by Gasteiger charge is -2.12. The third kappa shape index (κ3) is 3.93. The average Bonchev–Trinajstić information content (AvgIpc) is 2.27. The summed E-state index contributed by atoms with van der Waals surface area (Å²) < 4.78 is 4.88. The van der Waals surface area contributed by atoms with Gasteiger partial charge >= 0.3 is 5.97 Å². The molecule has 3 nitrogen and oxygen atoms in total. The third-order valence-corrected chi connectivity index (χ3v) is 2.38. The van der Waals surface area contributed by atoms with Gasteiger partial charge in [0.25, 0.3) is 0 Å². The average molecular weight is 221 g/mol. The fourth-order valence-electron chi connectivity index (χ4n) is 1.44. The van der Waals surface area contributed by atoms with E-state index in [1.54, 1.807) is 0 Å². The maximum absolute atomic E-state index is 11.2. The lowest BCUT2D eigenvalue weighted by atomic mass is 10.1. The van der Waals surface area contributed by atoms with E-state index in [-0.39, 0.29) is 5.97 Å². The van der Waals surface area contributed by atoms with Gasteiger partial charge in [0.05, 0.1) is 6.61 Å². The molecule has 0 amide bonds. The van der Waals surface area contributed by atoms with Crippen molar-refractivity contribution >= 4 is 11.7 Å². The van der Waals surface area contributed by atoms with Gasteiger partial charge in [-0.3, -0.25) is 4.79 Å². The van der Waals surface area contributed by atoms with Gasteiger partial charge in [-0.05, 0) is 31.0 Å². The van der Waals surface area contributed by atoms with E-state index in [2.05, 4.69) is 29.2 Å². The van der Waals surface area contributed by atoms with Crippen molar-refractivity contribution in [2.75, 3.05) is 25.6 Å². The number of anilines is 1. The summed E-state index contributed by atoms with van der Waals surface area (Å²) in [4.78, 5) is 13.2. The Morgan fingerprint density at radius 3 is 2.38 bits per heavy atom. The molecule has 16 heavy (non-hydrogen) atoms. The molecular weight excluding hydrogens is 202 g/mol. The van der Waals surface area contributed by atoms with Crippen LogP contribution in [0, 0.1) is 0 Å². The van der Waals surface area contributed by atoms with Gasteiger partial charge in [-0.15, -0.1) is 0 Å². The minimum Gasteiger partial charge on any atom is -0.466 e. The van der Waals surface area contributed by atoms with Gasteiger partial charge < -0.3 is 9.64 Å². The van der Waals surface area contributed by atoms with Gasteiger partial charge in [-0.2, -0.15) is 0 Å². The van der Waals surface area contributed by atoms with Crippen molar-refractivity contribution in [3.05, 3.63) is 29.8 Å². The second-order valence-corrected chi connectivity index (χ2v) is 3.87. The Morgan fingerprint density at radius 1 is 1.25 bits per heavy atom. The molecular formula is C13H19NO2. The molecule has 1 rings (SSSR count). The zero-order chi connectivity index (χ0) is 12.0. The van der Waals surface area contributed by atoms with Crippen molar-refractivity contribution in [1.29, 1.82) is 0 Å². The number of hydrogen-bond acceptors (Lipinski definition) is 3. The number of ether oxygens (including phenoxy) is 1. The quantitative estimate of drug-likeness (QED) is 0.714. The van der Waals surface area contributed by atoms with Crippen LogP contribution in [-0.4, -0.2) is 26.7 Å². The third-order valence-electron chi connectivity index (χ3n) is 2.38. The molecule has 0 atom stereocenters. The maximum atomic E-state index is 11.2. The Kier molecular flexibility index (Phi) is 4.83. The van der Waals surface area contributed by atoms with E-state index in [4.69, 9.17) is 4.74 Å². The minimum atomic E-state index is -0.126. The smallest absolute Gasteiger partial charge is 0.306 e. The standard InChI is InChI=1S/C13H19NO2/c1-4-16-13(15)10-7-11-5-8-12(9-6-11)14(2)3/h5-6,8-9H,4,7,10H2,1-3H3. The molecule has 3 heteroatoms. The molecule has 0 fully saturated rings. The highest BCUT2D eigenvalue weighted by Crippen LogP contribution is 2.13. The molecule has 0 heterocycles. The minimum absolute atomic E-state index is 0.126. The first-order chi connectivity index (χ1) is 7.63. The predicted molar refractivity (Wildman–Crippen MR) is 65.7 cm³/mol. The molecule has 1 aromatic rings. The zero-order valence-corrected chi connectivity index (χ0v) is 10.2. The molecule has 0 aliphatic carbocycles. The predicted octanol–water partition coefficient (Wildman–Crippen LogP) is 2.25. The van der Waals surface area contributed by atoms with Crippen LogP contribution >= 0.6 is 0 Å². The Morgan fingerprint density at radius 2 is 1.88 bits per heavy atom. The highest BCUT2D eigenvalue weighted by Gasteiger charge is 2.02. The lowest BCUT2D eigenvalue weighted by Crippen LogP contribution is -2.08. The topological polar surface area (TPSA) is 29.5 Å². The lowest BCUT2D eigenvalue weighted by molar-refractivity contribution is -0.143. The summed E-state index contributed by atoms with van der Waals surface area (Å²) in [5, 5.41) is 0. The summed E-state index contributed by atoms with van der Waals surface area (Å²) in [6.07, 6.45) is 1.20. The van der Waals surface area contributed by atoms with Crippen LogP contribution in [0.15, 0.2) is 24.3 Å². The fourth-order valence-corrected chi connectivity index (χ4v) is 1.44. The van der Waals surface area contributed by atoms with Crippen molar-refractivity contribution in [1.82, 2.24) is 0 Å². The molecule has 0 bridgehead atoms. The molecule has 0 aliphatic heterocycles. The van der Waals surface area contributed by atoms with Gasteiger partial charge in [0, 0.05) is 26.2 Å². The molecule has 0 unspecified atom stereocenters. The van der Waals surface area contributed by atoms with Gasteiger partial charge in [-0.25, -0.2) is 0 Å². The number of hydrogen-bond donors (Lipinski definition) is 0. The van der Waals surface area contributed by atoms with Crippen LogP contribution in [0.2, 0.25) is 0 Å². The summed E-state index contributed by atoms with van der Waals surface area (Å²) in [5.41, 5.74) is 2.33. The summed E-state index contributed by atoms with van der Waals surface area (Å²) in [6.45, 7) is 2.28. The van der Waals surface area contributed by atoms with Gasteiger partial charge in [-0.1, -0.05) is 12.1 Å². The van der Waals surface area contributed by atoms with Crippen molar-refractivity contribution in [3.8, 4) is 0 Å². The number of rotatable bonds is 5. The highest BCUT2D eigenvalue weighted by molar-refractivity contribution is 5.69.